The SMILES string of the molecule is NC(C1CC1)C(CO)OCC1CCOC1. The normalized spacial score (nSPS) is 30.4. The van der Waals surface area contributed by atoms with Gasteiger partial charge in [-0.1, -0.05) is 0 Å². The van der Waals surface area contributed by atoms with Crippen molar-refractivity contribution in [3.05, 3.63) is 0 Å². The second-order valence-corrected chi connectivity index (χ2v) is 4.70. The zero-order valence-electron chi connectivity index (χ0n) is 9.10. The van der Waals surface area contributed by atoms with Crippen LogP contribution < -0.4 is 5.73 Å². The Morgan fingerprint density at radius 3 is 2.73 bits per heavy atom. The van der Waals surface area contributed by atoms with Gasteiger partial charge < -0.3 is 20.3 Å². The van der Waals surface area contributed by atoms with Gasteiger partial charge in [0, 0.05) is 18.6 Å². The van der Waals surface area contributed by atoms with Crippen LogP contribution in [0, 0.1) is 11.8 Å². The maximum atomic E-state index is 9.21. The van der Waals surface area contributed by atoms with Crippen molar-refractivity contribution in [3.63, 3.8) is 0 Å². The average Bonchev–Trinajstić information content (AvgIpc) is 2.97. The third-order valence-corrected chi connectivity index (χ3v) is 3.35. The molecular formula is C11H21NO3. The molecule has 0 radical (unpaired) electrons. The molecule has 88 valence electrons. The smallest absolute Gasteiger partial charge is 0.0958 e. The second-order valence-electron chi connectivity index (χ2n) is 4.70. The number of hydrogen-bond acceptors (Lipinski definition) is 4. The molecule has 0 aromatic carbocycles. The van der Waals surface area contributed by atoms with E-state index in [0.29, 0.717) is 18.4 Å². The van der Waals surface area contributed by atoms with Crippen LogP contribution in [-0.2, 0) is 9.47 Å². The molecule has 1 saturated heterocycles. The molecule has 2 rings (SSSR count). The fraction of sp³-hybridized carbons (Fsp3) is 1.00. The van der Waals surface area contributed by atoms with Crippen molar-refractivity contribution in [3.8, 4) is 0 Å². The summed E-state index contributed by atoms with van der Waals surface area (Å²) in [7, 11) is 0. The molecule has 0 amide bonds. The van der Waals surface area contributed by atoms with Crippen LogP contribution in [0.25, 0.3) is 0 Å². The first-order valence-electron chi connectivity index (χ1n) is 5.87. The highest BCUT2D eigenvalue weighted by molar-refractivity contribution is 4.89. The Balaban J connectivity index is 1.69. The molecule has 0 aromatic rings. The van der Waals surface area contributed by atoms with Crippen LogP contribution in [0.5, 0.6) is 0 Å². The van der Waals surface area contributed by atoms with Crippen molar-refractivity contribution in [1.29, 1.82) is 0 Å². The van der Waals surface area contributed by atoms with Crippen LogP contribution in [-0.4, -0.2) is 43.7 Å². The van der Waals surface area contributed by atoms with Crippen LogP contribution in [0.4, 0.5) is 0 Å². The van der Waals surface area contributed by atoms with E-state index < -0.39 is 0 Å². The lowest BCUT2D eigenvalue weighted by Crippen LogP contribution is -2.42. The van der Waals surface area contributed by atoms with Crippen molar-refractivity contribution in [2.24, 2.45) is 17.6 Å². The highest BCUT2D eigenvalue weighted by atomic mass is 16.5. The number of aliphatic hydroxyl groups is 1. The van der Waals surface area contributed by atoms with Gasteiger partial charge in [0.2, 0.25) is 0 Å². The van der Waals surface area contributed by atoms with Gasteiger partial charge in [-0.15, -0.1) is 0 Å². The lowest BCUT2D eigenvalue weighted by atomic mass is 10.1. The first kappa shape index (κ1) is 11.3. The summed E-state index contributed by atoms with van der Waals surface area (Å²) in [5, 5.41) is 9.21. The van der Waals surface area contributed by atoms with Crippen LogP contribution in [0.1, 0.15) is 19.3 Å². The highest BCUT2D eigenvalue weighted by Crippen LogP contribution is 2.33. The second kappa shape index (κ2) is 5.25. The lowest BCUT2D eigenvalue weighted by molar-refractivity contribution is -0.0231. The number of rotatable bonds is 6. The molecule has 3 N–H and O–H groups in total. The molecule has 0 spiro atoms. The van der Waals surface area contributed by atoms with E-state index in [-0.39, 0.29) is 18.8 Å². The summed E-state index contributed by atoms with van der Waals surface area (Å²) in [5.74, 6) is 1.06. The van der Waals surface area contributed by atoms with Crippen LogP contribution in [0.3, 0.4) is 0 Å². The highest BCUT2D eigenvalue weighted by Gasteiger charge is 2.34. The number of ether oxygens (including phenoxy) is 2. The van der Waals surface area contributed by atoms with Gasteiger partial charge in [-0.05, 0) is 25.2 Å². The topological polar surface area (TPSA) is 64.7 Å². The summed E-state index contributed by atoms with van der Waals surface area (Å²) in [6.45, 7) is 2.33. The largest absolute Gasteiger partial charge is 0.394 e. The molecule has 1 heterocycles. The van der Waals surface area contributed by atoms with Crippen LogP contribution in [0.2, 0.25) is 0 Å². The van der Waals surface area contributed by atoms with Gasteiger partial charge in [0.05, 0.1) is 25.9 Å². The molecule has 1 aliphatic heterocycles. The average molecular weight is 215 g/mol. The van der Waals surface area contributed by atoms with Gasteiger partial charge in [0.15, 0.2) is 0 Å². The van der Waals surface area contributed by atoms with E-state index >= 15 is 0 Å². The lowest BCUT2D eigenvalue weighted by Gasteiger charge is -2.23. The summed E-state index contributed by atoms with van der Waals surface area (Å²) in [6.07, 6.45) is 3.26. The number of aliphatic hydroxyl groups excluding tert-OH is 1. The molecule has 2 fully saturated rings. The Hall–Kier alpha value is -0.160. The van der Waals surface area contributed by atoms with Crippen molar-refractivity contribution in [2.75, 3.05) is 26.4 Å². The fourth-order valence-corrected chi connectivity index (χ4v) is 2.04. The van der Waals surface area contributed by atoms with Crippen LogP contribution in [0.15, 0.2) is 0 Å². The molecule has 2 aliphatic rings. The standard InChI is InChI=1S/C11H21NO3/c12-11(9-1-2-9)10(5-13)15-7-8-3-4-14-6-8/h8-11,13H,1-7,12H2. The Labute approximate surface area is 90.7 Å². The minimum atomic E-state index is -0.182. The first-order chi connectivity index (χ1) is 7.31. The van der Waals surface area contributed by atoms with E-state index in [4.69, 9.17) is 15.2 Å². The van der Waals surface area contributed by atoms with Crippen molar-refractivity contribution < 1.29 is 14.6 Å². The minimum Gasteiger partial charge on any atom is -0.394 e. The number of hydrogen-bond donors (Lipinski definition) is 2. The molecule has 0 aromatic heterocycles. The van der Waals surface area contributed by atoms with Crippen molar-refractivity contribution >= 4 is 0 Å². The zero-order valence-corrected chi connectivity index (χ0v) is 9.10. The zero-order chi connectivity index (χ0) is 10.7. The third kappa shape index (κ3) is 3.14. The predicted octanol–water partition coefficient (Wildman–Crippen LogP) is 0.138. The van der Waals surface area contributed by atoms with Crippen LogP contribution >= 0.6 is 0 Å². The molecule has 1 saturated carbocycles. The van der Waals surface area contributed by atoms with E-state index in [1.54, 1.807) is 0 Å². The van der Waals surface area contributed by atoms with E-state index in [9.17, 15) is 5.11 Å². The monoisotopic (exact) mass is 215 g/mol. The van der Waals surface area contributed by atoms with E-state index in [0.717, 1.165) is 19.6 Å². The Morgan fingerprint density at radius 1 is 1.40 bits per heavy atom. The molecule has 3 unspecified atom stereocenters. The molecule has 4 heteroatoms. The predicted molar refractivity (Wildman–Crippen MR) is 56.5 cm³/mol. The first-order valence-corrected chi connectivity index (χ1v) is 5.87. The quantitative estimate of drug-likeness (QED) is 0.661. The Morgan fingerprint density at radius 2 is 2.20 bits per heavy atom. The van der Waals surface area contributed by atoms with Gasteiger partial charge >= 0.3 is 0 Å². The van der Waals surface area contributed by atoms with Gasteiger partial charge in [0.25, 0.3) is 0 Å². The summed E-state index contributed by atoms with van der Waals surface area (Å²) < 4.78 is 11.0. The summed E-state index contributed by atoms with van der Waals surface area (Å²) in [5.41, 5.74) is 6.00. The maximum absolute atomic E-state index is 9.21. The molecule has 15 heavy (non-hydrogen) atoms. The van der Waals surface area contributed by atoms with Crippen molar-refractivity contribution in [1.82, 2.24) is 0 Å². The summed E-state index contributed by atoms with van der Waals surface area (Å²) >= 11 is 0. The molecule has 4 nitrogen and oxygen atoms in total. The molecule has 3 atom stereocenters. The molecule has 0 bridgehead atoms. The Kier molecular flexibility index (Phi) is 3.97. The Bertz CT molecular complexity index is 190. The van der Waals surface area contributed by atoms with Gasteiger partial charge in [-0.25, -0.2) is 0 Å². The number of nitrogens with two attached hydrogens (primary N) is 1. The minimum absolute atomic E-state index is 0.0114. The maximum Gasteiger partial charge on any atom is 0.0958 e. The van der Waals surface area contributed by atoms with Gasteiger partial charge in [-0.3, -0.25) is 0 Å². The molecule has 1 aliphatic carbocycles. The van der Waals surface area contributed by atoms with Crippen molar-refractivity contribution in [2.45, 2.75) is 31.4 Å². The van der Waals surface area contributed by atoms with Gasteiger partial charge in [0.1, 0.15) is 0 Å². The van der Waals surface area contributed by atoms with E-state index in [1.165, 1.54) is 12.8 Å². The summed E-state index contributed by atoms with van der Waals surface area (Å²) in [6, 6.07) is 0.0114. The third-order valence-electron chi connectivity index (χ3n) is 3.35. The van der Waals surface area contributed by atoms with E-state index in [2.05, 4.69) is 0 Å². The van der Waals surface area contributed by atoms with Gasteiger partial charge in [-0.2, -0.15) is 0 Å². The van der Waals surface area contributed by atoms with E-state index in [1.807, 2.05) is 0 Å². The molecular weight excluding hydrogens is 194 g/mol. The summed E-state index contributed by atoms with van der Waals surface area (Å²) in [4.78, 5) is 0. The fourth-order valence-electron chi connectivity index (χ4n) is 2.04.